The second-order valence-electron chi connectivity index (χ2n) is 5.27. The van der Waals surface area contributed by atoms with E-state index in [9.17, 15) is 9.18 Å². The number of amides is 1. The molecule has 0 atom stereocenters. The summed E-state index contributed by atoms with van der Waals surface area (Å²) in [4.78, 5) is 12.0. The van der Waals surface area contributed by atoms with Crippen LogP contribution >= 0.6 is 11.6 Å². The van der Waals surface area contributed by atoms with Gasteiger partial charge in [0.2, 0.25) is 5.91 Å². The molecule has 0 bridgehead atoms. The molecule has 0 aliphatic rings. The van der Waals surface area contributed by atoms with Crippen molar-refractivity contribution in [1.29, 1.82) is 0 Å². The molecule has 1 N–H and O–H groups in total. The van der Waals surface area contributed by atoms with E-state index in [-0.39, 0.29) is 5.69 Å². The van der Waals surface area contributed by atoms with Crippen LogP contribution in [0.4, 0.5) is 10.1 Å². The van der Waals surface area contributed by atoms with Crippen LogP contribution in [0.25, 0.3) is 6.08 Å². The maximum atomic E-state index is 13.8. The summed E-state index contributed by atoms with van der Waals surface area (Å²) < 4.78 is 24.5. The topological polar surface area (TPSA) is 47.6 Å². The maximum absolute atomic E-state index is 13.8. The molecule has 0 saturated heterocycles. The van der Waals surface area contributed by atoms with Crippen molar-refractivity contribution in [3.05, 3.63) is 58.4 Å². The average Bonchev–Trinajstić information content (AvgIpc) is 2.56. The molecular formula is C19H19ClFNO3. The van der Waals surface area contributed by atoms with E-state index in [4.69, 9.17) is 21.1 Å². The van der Waals surface area contributed by atoms with Crippen LogP contribution in [0.15, 0.2) is 36.4 Å². The quantitative estimate of drug-likeness (QED) is 0.746. The van der Waals surface area contributed by atoms with Crippen LogP contribution in [0.2, 0.25) is 5.02 Å². The first-order valence-corrected chi connectivity index (χ1v) is 8.08. The number of halogens is 2. The highest BCUT2D eigenvalue weighted by molar-refractivity contribution is 6.32. The summed E-state index contributed by atoms with van der Waals surface area (Å²) in [7, 11) is 1.50. The summed E-state index contributed by atoms with van der Waals surface area (Å²) >= 11 is 6.16. The fraction of sp³-hybridized carbons (Fsp3) is 0.211. The van der Waals surface area contributed by atoms with Crippen LogP contribution in [0.1, 0.15) is 18.1 Å². The molecule has 0 fully saturated rings. The number of hydrogen-bond donors (Lipinski definition) is 1. The molecule has 0 heterocycles. The molecule has 0 unspecified atom stereocenters. The van der Waals surface area contributed by atoms with E-state index in [1.165, 1.54) is 25.3 Å². The monoisotopic (exact) mass is 363 g/mol. The van der Waals surface area contributed by atoms with Crippen molar-refractivity contribution in [2.45, 2.75) is 13.8 Å². The lowest BCUT2D eigenvalue weighted by Gasteiger charge is -2.11. The normalized spacial score (nSPS) is 10.8. The van der Waals surface area contributed by atoms with Gasteiger partial charge in [-0.1, -0.05) is 17.7 Å². The van der Waals surface area contributed by atoms with Crippen molar-refractivity contribution in [2.24, 2.45) is 0 Å². The minimum absolute atomic E-state index is 0.128. The minimum atomic E-state index is -0.479. The number of benzene rings is 2. The molecule has 4 nitrogen and oxygen atoms in total. The van der Waals surface area contributed by atoms with Crippen molar-refractivity contribution < 1.29 is 18.7 Å². The number of carbonyl (C=O) groups is 1. The van der Waals surface area contributed by atoms with Gasteiger partial charge in [-0.3, -0.25) is 4.79 Å². The van der Waals surface area contributed by atoms with Crippen molar-refractivity contribution in [2.75, 3.05) is 19.0 Å². The van der Waals surface area contributed by atoms with Gasteiger partial charge in [0.05, 0.1) is 24.4 Å². The van der Waals surface area contributed by atoms with E-state index >= 15 is 0 Å². The lowest BCUT2D eigenvalue weighted by molar-refractivity contribution is -0.111. The third-order valence-corrected chi connectivity index (χ3v) is 3.63. The Balaban J connectivity index is 2.16. The van der Waals surface area contributed by atoms with Crippen LogP contribution in [0, 0.1) is 12.7 Å². The molecule has 0 saturated carbocycles. The van der Waals surface area contributed by atoms with Gasteiger partial charge in [-0.15, -0.1) is 0 Å². The van der Waals surface area contributed by atoms with E-state index in [2.05, 4.69) is 5.32 Å². The Labute approximate surface area is 151 Å². The molecule has 1 amide bonds. The first-order chi connectivity index (χ1) is 11.9. The predicted octanol–water partition coefficient (Wildman–Crippen LogP) is 4.85. The third-order valence-electron chi connectivity index (χ3n) is 3.35. The maximum Gasteiger partial charge on any atom is 0.248 e. The van der Waals surface area contributed by atoms with E-state index < -0.39 is 11.7 Å². The van der Waals surface area contributed by atoms with Gasteiger partial charge in [0, 0.05) is 6.08 Å². The van der Waals surface area contributed by atoms with Crippen LogP contribution in [-0.4, -0.2) is 19.6 Å². The van der Waals surface area contributed by atoms with Gasteiger partial charge in [0.15, 0.2) is 11.5 Å². The van der Waals surface area contributed by atoms with Crippen LogP contribution in [0.5, 0.6) is 11.5 Å². The molecule has 0 aliphatic carbocycles. The molecule has 0 radical (unpaired) electrons. The first kappa shape index (κ1) is 18.8. The smallest absolute Gasteiger partial charge is 0.248 e. The predicted molar refractivity (Wildman–Crippen MR) is 98.0 cm³/mol. The number of carbonyl (C=O) groups excluding carboxylic acids is 1. The molecule has 0 spiro atoms. The summed E-state index contributed by atoms with van der Waals surface area (Å²) in [5.74, 6) is -0.00508. The van der Waals surface area contributed by atoms with E-state index in [1.807, 2.05) is 6.92 Å². The Bertz CT molecular complexity index is 805. The second kappa shape index (κ2) is 8.53. The summed E-state index contributed by atoms with van der Waals surface area (Å²) in [5, 5.41) is 2.87. The highest BCUT2D eigenvalue weighted by Crippen LogP contribution is 2.36. The number of anilines is 1. The molecule has 2 aromatic carbocycles. The molecule has 6 heteroatoms. The van der Waals surface area contributed by atoms with Gasteiger partial charge >= 0.3 is 0 Å². The number of nitrogens with one attached hydrogen (secondary N) is 1. The molecule has 25 heavy (non-hydrogen) atoms. The van der Waals surface area contributed by atoms with Gasteiger partial charge < -0.3 is 14.8 Å². The Hall–Kier alpha value is -2.53. The molecular weight excluding hydrogens is 345 g/mol. The van der Waals surface area contributed by atoms with Crippen LogP contribution in [-0.2, 0) is 4.79 Å². The van der Waals surface area contributed by atoms with Crippen LogP contribution < -0.4 is 14.8 Å². The van der Waals surface area contributed by atoms with Crippen molar-refractivity contribution in [3.63, 3.8) is 0 Å². The molecule has 2 aromatic rings. The molecule has 0 aliphatic heterocycles. The first-order valence-electron chi connectivity index (χ1n) is 7.70. The van der Waals surface area contributed by atoms with Crippen molar-refractivity contribution >= 4 is 29.3 Å². The SMILES string of the molecule is CCOc1cc(/C=C/C(=O)Nc2ccc(C)cc2F)cc(Cl)c1OC. The standard InChI is InChI=1S/C19H19ClFNO3/c1-4-25-17-11-13(10-14(20)19(17)24-3)6-8-18(23)22-16-7-5-12(2)9-15(16)21/h5-11H,4H2,1-3H3,(H,22,23)/b8-6+. The average molecular weight is 364 g/mol. The number of ether oxygens (including phenoxy) is 2. The Morgan fingerprint density at radius 2 is 2.08 bits per heavy atom. The van der Waals surface area contributed by atoms with Crippen LogP contribution in [0.3, 0.4) is 0 Å². The fourth-order valence-corrected chi connectivity index (χ4v) is 2.51. The third kappa shape index (κ3) is 4.97. The van der Waals surface area contributed by atoms with Gasteiger partial charge in [0.1, 0.15) is 5.82 Å². The van der Waals surface area contributed by atoms with Crippen molar-refractivity contribution in [3.8, 4) is 11.5 Å². The zero-order valence-electron chi connectivity index (χ0n) is 14.2. The van der Waals surface area contributed by atoms with Gasteiger partial charge in [-0.2, -0.15) is 0 Å². The van der Waals surface area contributed by atoms with E-state index in [1.54, 1.807) is 31.2 Å². The fourth-order valence-electron chi connectivity index (χ4n) is 2.21. The lowest BCUT2D eigenvalue weighted by Crippen LogP contribution is -2.09. The minimum Gasteiger partial charge on any atom is -0.491 e. The molecule has 2 rings (SSSR count). The molecule has 132 valence electrons. The van der Waals surface area contributed by atoms with E-state index in [0.29, 0.717) is 28.7 Å². The Morgan fingerprint density at radius 3 is 2.72 bits per heavy atom. The largest absolute Gasteiger partial charge is 0.491 e. The number of aryl methyl sites for hydroxylation is 1. The van der Waals surface area contributed by atoms with Gasteiger partial charge in [-0.05, 0) is 55.3 Å². The lowest BCUT2D eigenvalue weighted by atomic mass is 10.1. The Kier molecular flexibility index (Phi) is 6.42. The summed E-state index contributed by atoms with van der Waals surface area (Å²) in [5.41, 5.74) is 1.57. The number of rotatable bonds is 6. The number of hydrogen-bond acceptors (Lipinski definition) is 3. The zero-order valence-corrected chi connectivity index (χ0v) is 15.0. The second-order valence-corrected chi connectivity index (χ2v) is 5.68. The summed E-state index contributed by atoms with van der Waals surface area (Å²) in [6, 6.07) is 7.97. The summed E-state index contributed by atoms with van der Waals surface area (Å²) in [6.07, 6.45) is 2.86. The van der Waals surface area contributed by atoms with Gasteiger partial charge in [-0.25, -0.2) is 4.39 Å². The van der Waals surface area contributed by atoms with E-state index in [0.717, 1.165) is 5.56 Å². The zero-order chi connectivity index (χ0) is 18.4. The summed E-state index contributed by atoms with van der Waals surface area (Å²) in [6.45, 7) is 4.07. The highest BCUT2D eigenvalue weighted by Gasteiger charge is 2.11. The van der Waals surface area contributed by atoms with Gasteiger partial charge in [0.25, 0.3) is 0 Å². The molecule has 0 aromatic heterocycles. The van der Waals surface area contributed by atoms with Crippen molar-refractivity contribution in [1.82, 2.24) is 0 Å². The Morgan fingerprint density at radius 1 is 1.32 bits per heavy atom. The highest BCUT2D eigenvalue weighted by atomic mass is 35.5. The number of methoxy groups -OCH3 is 1.